The predicted octanol–water partition coefficient (Wildman–Crippen LogP) is 22.9. The molecule has 8 heteroatoms. The first-order valence-electron chi connectivity index (χ1n) is 33.6. The molecule has 0 atom stereocenters. The van der Waals surface area contributed by atoms with E-state index in [1.165, 1.54) is 0 Å². The van der Waals surface area contributed by atoms with Crippen LogP contribution in [0.4, 0.5) is 0 Å². The lowest BCUT2D eigenvalue weighted by molar-refractivity contribution is 1.02. The number of hydrogen-bond donors (Lipinski definition) is 0. The van der Waals surface area contributed by atoms with E-state index in [0.717, 1.165) is 188 Å². The fourth-order valence-corrected chi connectivity index (χ4v) is 15.8. The van der Waals surface area contributed by atoms with Gasteiger partial charge in [0.25, 0.3) is 0 Å². The highest BCUT2D eigenvalue weighted by Crippen LogP contribution is 2.55. The summed E-state index contributed by atoms with van der Waals surface area (Å²) >= 11 is 0. The molecule has 0 spiro atoms. The van der Waals surface area contributed by atoms with E-state index >= 15 is 0 Å². The third kappa shape index (κ3) is 8.64. The molecule has 19 rings (SSSR count). The van der Waals surface area contributed by atoms with Gasteiger partial charge in [-0.15, -0.1) is 0 Å². The van der Waals surface area contributed by atoms with Crippen LogP contribution in [0.2, 0.25) is 0 Å². The average Bonchev–Trinajstić information content (AvgIpc) is 1.42. The minimum absolute atomic E-state index is 0.530. The van der Waals surface area contributed by atoms with Crippen LogP contribution in [-0.2, 0) is 0 Å². The van der Waals surface area contributed by atoms with E-state index < -0.39 is 0 Å². The largest absolute Gasteiger partial charge is 0.306 e. The van der Waals surface area contributed by atoms with Crippen molar-refractivity contribution in [2.24, 2.45) is 0 Å². The molecule has 0 aliphatic carbocycles. The Morgan fingerprint density at radius 3 is 0.643 bits per heavy atom. The summed E-state index contributed by atoms with van der Waals surface area (Å²) in [7, 11) is 0. The monoisotopic (exact) mass is 1250 g/mol. The molecule has 6 aromatic heterocycles. The fourth-order valence-electron chi connectivity index (χ4n) is 15.8. The molecule has 0 bridgehead atoms. The predicted molar refractivity (Wildman–Crippen MR) is 407 cm³/mol. The van der Waals surface area contributed by atoms with Gasteiger partial charge in [0, 0.05) is 65.3 Å². The zero-order valence-electron chi connectivity index (χ0n) is 54.4. The highest BCUT2D eigenvalue weighted by atomic mass is 15.1. The maximum absolute atomic E-state index is 6.16. The number of rotatable bonds is 10. The van der Waals surface area contributed by atoms with Crippen LogP contribution in [0.25, 0.3) is 178 Å². The molecule has 0 radical (unpaired) electrons. The van der Waals surface area contributed by atoms with Gasteiger partial charge >= 0.3 is 0 Å². The van der Waals surface area contributed by atoms with E-state index in [1.807, 2.05) is 0 Å². The normalized spacial score (nSPS) is 11.9. The van der Waals surface area contributed by atoms with Gasteiger partial charge in [-0.1, -0.05) is 267 Å². The van der Waals surface area contributed by atoms with Gasteiger partial charge in [-0.3, -0.25) is 0 Å². The van der Waals surface area contributed by atoms with Gasteiger partial charge < -0.3 is 18.3 Å². The van der Waals surface area contributed by atoms with Crippen LogP contribution in [-0.4, -0.2) is 38.2 Å². The molecule has 0 N–H and O–H groups in total. The Balaban J connectivity index is 1.22. The summed E-state index contributed by atoms with van der Waals surface area (Å²) in [5, 5.41) is 8.90. The third-order valence-corrected chi connectivity index (χ3v) is 20.1. The van der Waals surface area contributed by atoms with Crippen LogP contribution in [0, 0.1) is 27.7 Å². The Hall–Kier alpha value is -12.8. The maximum atomic E-state index is 6.16. The van der Waals surface area contributed by atoms with E-state index in [4.69, 9.17) is 19.9 Å². The van der Waals surface area contributed by atoms with Crippen molar-refractivity contribution in [1.29, 1.82) is 0 Å². The van der Waals surface area contributed by atoms with E-state index in [1.54, 1.807) is 0 Å². The van der Waals surface area contributed by atoms with Crippen molar-refractivity contribution in [2.45, 2.75) is 27.7 Å². The van der Waals surface area contributed by atoms with E-state index in [2.05, 4.69) is 349 Å². The van der Waals surface area contributed by atoms with Crippen LogP contribution in [0.5, 0.6) is 0 Å². The second kappa shape index (κ2) is 22.4. The number of nitrogens with zero attached hydrogens (tertiary/aromatic N) is 8. The Labute approximate surface area is 565 Å². The molecule has 6 heterocycles. The molecule has 0 unspecified atom stereocenters. The molecular formula is C90H62N8. The van der Waals surface area contributed by atoms with Crippen LogP contribution in [0.15, 0.2) is 303 Å². The SMILES string of the molecule is Cc1cccc2c3ccccc3n(-c3c(-c4nc(-c5ccccc5)cc(-c5ccccc5)n4)c(-n4c5ccccc5c5cccc(C)c54)c(-n4c5ccccc5c5cccc(C)c54)c(-c4nc(-c5ccccc5)cc(-c5ccccc5)n4)c3-n3c4ccccc4c4cccc(C)c43)c12. The molecule has 0 aliphatic heterocycles. The van der Waals surface area contributed by atoms with Crippen molar-refractivity contribution >= 4 is 87.2 Å². The van der Waals surface area contributed by atoms with Crippen LogP contribution < -0.4 is 0 Å². The molecule has 8 nitrogen and oxygen atoms in total. The van der Waals surface area contributed by atoms with Gasteiger partial charge in [0.1, 0.15) is 0 Å². The molecule has 13 aromatic carbocycles. The molecule has 98 heavy (non-hydrogen) atoms. The minimum Gasteiger partial charge on any atom is -0.306 e. The first-order valence-corrected chi connectivity index (χ1v) is 33.6. The molecule has 0 saturated carbocycles. The Bertz CT molecular complexity index is 5680. The maximum Gasteiger partial charge on any atom is 0.164 e. The Morgan fingerprint density at radius 1 is 0.204 bits per heavy atom. The summed E-state index contributed by atoms with van der Waals surface area (Å²) in [5.74, 6) is 1.06. The Morgan fingerprint density at radius 2 is 0.408 bits per heavy atom. The quantitative estimate of drug-likeness (QED) is 0.137. The van der Waals surface area contributed by atoms with Gasteiger partial charge in [0.2, 0.25) is 0 Å². The number of fused-ring (bicyclic) bond motifs is 12. The van der Waals surface area contributed by atoms with Crippen molar-refractivity contribution in [1.82, 2.24) is 38.2 Å². The van der Waals surface area contributed by atoms with Crippen molar-refractivity contribution in [3.63, 3.8) is 0 Å². The summed E-state index contributed by atoms with van der Waals surface area (Å²) in [6.45, 7) is 9.03. The first-order chi connectivity index (χ1) is 48.3. The number of hydrogen-bond acceptors (Lipinski definition) is 4. The molecular weight excluding hydrogens is 1190 g/mol. The lowest BCUT2D eigenvalue weighted by atomic mass is 9.95. The minimum atomic E-state index is 0.530. The summed E-state index contributed by atoms with van der Waals surface area (Å²) < 4.78 is 10.3. The van der Waals surface area contributed by atoms with Crippen molar-refractivity contribution in [3.05, 3.63) is 326 Å². The highest BCUT2D eigenvalue weighted by Gasteiger charge is 2.38. The van der Waals surface area contributed by atoms with Crippen molar-refractivity contribution in [3.8, 4) is 90.6 Å². The molecule has 0 saturated heterocycles. The molecule has 0 fully saturated rings. The number of para-hydroxylation sites is 8. The smallest absolute Gasteiger partial charge is 0.164 e. The standard InChI is InChI=1S/C90H62N8/c1-55-29-25-45-67-63-41-17-21-49-75(63)95(81(55)67)85-79(89-91-71(59-33-9-5-10-34-59)53-72(92-89)60-35-11-6-12-36-60)87(97-77-51-23-19-43-65(77)69-47-27-31-57(3)83(69)97)88(98-78-52-24-20-44-66(78)70-48-28-32-58(4)84(70)98)80(86(85)96-76-50-22-18-42-64(76)68-46-26-30-56(2)82(68)96)90-93-73(61-37-13-7-14-38-61)54-74(94-90)62-39-15-8-16-40-62/h5-54H,1-4H3. The Kier molecular flexibility index (Phi) is 13.0. The van der Waals surface area contributed by atoms with Crippen molar-refractivity contribution in [2.75, 3.05) is 0 Å². The summed E-state index contributed by atoms with van der Waals surface area (Å²) in [6, 6.07) is 109. The zero-order valence-corrected chi connectivity index (χ0v) is 54.4. The number of benzene rings is 13. The number of aryl methyl sites for hydroxylation is 4. The van der Waals surface area contributed by atoms with Gasteiger partial charge in [0.05, 0.1) is 101 Å². The fraction of sp³-hybridized carbons (Fsp3) is 0.0444. The summed E-state index contributed by atoms with van der Waals surface area (Å²) in [6.07, 6.45) is 0. The molecule has 19 aromatic rings. The summed E-state index contributed by atoms with van der Waals surface area (Å²) in [4.78, 5) is 24.6. The van der Waals surface area contributed by atoms with Crippen LogP contribution >= 0.6 is 0 Å². The van der Waals surface area contributed by atoms with Gasteiger partial charge in [-0.2, -0.15) is 0 Å². The van der Waals surface area contributed by atoms with E-state index in [9.17, 15) is 0 Å². The zero-order chi connectivity index (χ0) is 65.3. The van der Waals surface area contributed by atoms with Crippen LogP contribution in [0.1, 0.15) is 22.3 Å². The molecule has 462 valence electrons. The molecule has 0 aliphatic rings. The average molecular weight is 1260 g/mol. The van der Waals surface area contributed by atoms with Gasteiger partial charge in [-0.05, 0) is 86.3 Å². The second-order valence-corrected chi connectivity index (χ2v) is 25.8. The summed E-state index contributed by atoms with van der Waals surface area (Å²) in [5.41, 5.74) is 24.6. The second-order valence-electron chi connectivity index (χ2n) is 25.8. The third-order valence-electron chi connectivity index (χ3n) is 20.1. The van der Waals surface area contributed by atoms with Gasteiger partial charge in [0.15, 0.2) is 11.6 Å². The lowest BCUT2D eigenvalue weighted by Crippen LogP contribution is -2.18. The van der Waals surface area contributed by atoms with Gasteiger partial charge in [-0.25, -0.2) is 19.9 Å². The first kappa shape index (κ1) is 56.7. The number of aromatic nitrogens is 8. The molecule has 0 amide bonds. The van der Waals surface area contributed by atoms with Crippen LogP contribution in [0.3, 0.4) is 0 Å². The topological polar surface area (TPSA) is 71.3 Å². The van der Waals surface area contributed by atoms with E-state index in [0.29, 0.717) is 11.6 Å². The highest BCUT2D eigenvalue weighted by molar-refractivity contribution is 6.19. The van der Waals surface area contributed by atoms with E-state index in [-0.39, 0.29) is 0 Å². The lowest BCUT2D eigenvalue weighted by Gasteiger charge is -2.31. The van der Waals surface area contributed by atoms with Crippen molar-refractivity contribution < 1.29 is 0 Å².